The molecule has 1 aromatic carbocycles. The van der Waals surface area contributed by atoms with Crippen molar-refractivity contribution in [1.82, 2.24) is 9.88 Å². The van der Waals surface area contributed by atoms with Crippen LogP contribution in [-0.2, 0) is 13.2 Å². The number of carbonyl (C=O) groups excluding carboxylic acids is 1. The number of benzene rings is 1. The number of furan rings is 1. The van der Waals surface area contributed by atoms with Crippen LogP contribution in [0.15, 0.2) is 34.7 Å². The van der Waals surface area contributed by atoms with Gasteiger partial charge in [0.05, 0.1) is 17.1 Å². The van der Waals surface area contributed by atoms with E-state index < -0.39 is 5.91 Å². The third-order valence-corrected chi connectivity index (χ3v) is 4.17. The second-order valence-corrected chi connectivity index (χ2v) is 6.07. The number of nitrogens with one attached hydrogen (secondary N) is 2. The molecule has 0 spiro atoms. The molecule has 0 atom stereocenters. The van der Waals surface area contributed by atoms with Crippen molar-refractivity contribution in [3.8, 4) is 5.75 Å². The minimum absolute atomic E-state index is 0.224. The van der Waals surface area contributed by atoms with Crippen LogP contribution in [0.5, 0.6) is 5.75 Å². The van der Waals surface area contributed by atoms with Gasteiger partial charge in [0.1, 0.15) is 29.6 Å². The van der Waals surface area contributed by atoms with Crippen molar-refractivity contribution in [2.75, 3.05) is 7.05 Å². The number of rotatable bonds is 5. The number of ether oxygens (including phenoxy) is 1. The molecule has 0 saturated heterocycles. The molecular formula is C17H18ClN5O3. The maximum absolute atomic E-state index is 12.3. The number of guanidine groups is 1. The molecule has 6 N–H and O–H groups in total. The van der Waals surface area contributed by atoms with Crippen molar-refractivity contribution in [2.24, 2.45) is 11.5 Å². The van der Waals surface area contributed by atoms with Gasteiger partial charge in [0.25, 0.3) is 5.91 Å². The Balaban J connectivity index is 1.82. The van der Waals surface area contributed by atoms with Crippen molar-refractivity contribution in [1.29, 1.82) is 5.41 Å². The van der Waals surface area contributed by atoms with Crippen molar-refractivity contribution >= 4 is 34.4 Å². The topological polar surface area (TPSA) is 134 Å². The quantitative estimate of drug-likeness (QED) is 0.401. The largest absolute Gasteiger partial charge is 0.486 e. The van der Waals surface area contributed by atoms with Gasteiger partial charge in [0, 0.05) is 18.5 Å². The average molecular weight is 376 g/mol. The number of aromatic nitrogens is 1. The van der Waals surface area contributed by atoms with Crippen LogP contribution in [0.25, 0.3) is 10.9 Å². The monoisotopic (exact) mass is 375 g/mol. The highest BCUT2D eigenvalue weighted by molar-refractivity contribution is 6.35. The Bertz CT molecular complexity index is 978. The minimum atomic E-state index is -0.433. The minimum Gasteiger partial charge on any atom is -0.486 e. The number of nitrogens with zero attached hydrogens (tertiary/aromatic N) is 1. The number of carbonyl (C=O) groups is 1. The Morgan fingerprint density at radius 2 is 2.08 bits per heavy atom. The maximum atomic E-state index is 12.3. The van der Waals surface area contributed by atoms with Gasteiger partial charge in [-0.05, 0) is 24.3 Å². The van der Waals surface area contributed by atoms with E-state index in [1.54, 1.807) is 30.3 Å². The molecule has 0 aliphatic heterocycles. The van der Waals surface area contributed by atoms with E-state index >= 15 is 0 Å². The van der Waals surface area contributed by atoms with Gasteiger partial charge >= 0.3 is 0 Å². The van der Waals surface area contributed by atoms with Crippen LogP contribution < -0.4 is 16.2 Å². The van der Waals surface area contributed by atoms with Gasteiger partial charge in [-0.3, -0.25) is 15.1 Å². The number of aromatic amines is 1. The van der Waals surface area contributed by atoms with Crippen LogP contribution in [0.1, 0.15) is 22.0 Å². The molecule has 2 heterocycles. The molecule has 0 bridgehead atoms. The van der Waals surface area contributed by atoms with Crippen LogP contribution in [-0.4, -0.2) is 28.8 Å². The lowest BCUT2D eigenvalue weighted by atomic mass is 10.2. The molecule has 3 rings (SSSR count). The summed E-state index contributed by atoms with van der Waals surface area (Å²) < 4.78 is 11.2. The standard InChI is InChI=1S/C17H18ClN5O3/c1-23(17(20)21)16(24)15-6-12-13(18)4-11(5-14(12)22-15)25-8-10-3-2-9(7-19)26-10/h2-6,22H,7-8,19H2,1H3,(H3,20,21). The third-order valence-electron chi connectivity index (χ3n) is 3.86. The number of fused-ring (bicyclic) bond motifs is 1. The summed E-state index contributed by atoms with van der Waals surface area (Å²) >= 11 is 6.30. The van der Waals surface area contributed by atoms with Gasteiger partial charge in [-0.1, -0.05) is 11.6 Å². The van der Waals surface area contributed by atoms with E-state index in [1.807, 2.05) is 0 Å². The Morgan fingerprint density at radius 3 is 2.73 bits per heavy atom. The van der Waals surface area contributed by atoms with Gasteiger partial charge in [0.15, 0.2) is 5.96 Å². The Hall–Kier alpha value is -2.97. The number of H-pyrrole nitrogens is 1. The molecule has 0 aliphatic rings. The zero-order chi connectivity index (χ0) is 18.8. The predicted octanol–water partition coefficient (Wildman–Crippen LogP) is 2.42. The van der Waals surface area contributed by atoms with E-state index in [0.29, 0.717) is 39.7 Å². The van der Waals surface area contributed by atoms with E-state index in [1.165, 1.54) is 7.05 Å². The van der Waals surface area contributed by atoms with Crippen LogP contribution in [0, 0.1) is 5.41 Å². The fourth-order valence-corrected chi connectivity index (χ4v) is 2.69. The normalized spacial score (nSPS) is 10.9. The Morgan fingerprint density at radius 1 is 1.35 bits per heavy atom. The van der Waals surface area contributed by atoms with Crippen molar-refractivity contribution in [2.45, 2.75) is 13.2 Å². The molecule has 0 unspecified atom stereocenters. The number of hydrogen-bond donors (Lipinski definition) is 4. The van der Waals surface area contributed by atoms with Crippen molar-refractivity contribution < 1.29 is 13.9 Å². The second kappa shape index (κ2) is 7.11. The Labute approximate surface area is 154 Å². The molecule has 26 heavy (non-hydrogen) atoms. The first-order chi connectivity index (χ1) is 12.4. The van der Waals surface area contributed by atoms with Crippen LogP contribution in [0.3, 0.4) is 0 Å². The summed E-state index contributed by atoms with van der Waals surface area (Å²) in [6.07, 6.45) is 0. The fourth-order valence-electron chi connectivity index (χ4n) is 2.42. The summed E-state index contributed by atoms with van der Waals surface area (Å²) in [5.41, 5.74) is 11.8. The number of halogens is 1. The molecule has 0 fully saturated rings. The number of hydrogen-bond acceptors (Lipinski definition) is 5. The molecular weight excluding hydrogens is 358 g/mol. The molecule has 2 aromatic heterocycles. The molecule has 3 aromatic rings. The Kier molecular flexibility index (Phi) is 4.88. The average Bonchev–Trinajstić information content (AvgIpc) is 3.25. The van der Waals surface area contributed by atoms with Gasteiger partial charge in [-0.15, -0.1) is 0 Å². The van der Waals surface area contributed by atoms with Crippen LogP contribution >= 0.6 is 11.6 Å². The zero-order valence-corrected chi connectivity index (χ0v) is 14.8. The van der Waals surface area contributed by atoms with Gasteiger partial charge in [0.2, 0.25) is 0 Å². The number of amides is 1. The van der Waals surface area contributed by atoms with Gasteiger partial charge in [-0.2, -0.15) is 0 Å². The fraction of sp³-hybridized carbons (Fsp3) is 0.176. The zero-order valence-electron chi connectivity index (χ0n) is 14.0. The first-order valence-electron chi connectivity index (χ1n) is 7.74. The summed E-state index contributed by atoms with van der Waals surface area (Å²) in [6.45, 7) is 0.549. The van der Waals surface area contributed by atoms with Gasteiger partial charge < -0.3 is 25.6 Å². The lowest BCUT2D eigenvalue weighted by Gasteiger charge is -2.12. The van der Waals surface area contributed by atoms with E-state index in [9.17, 15) is 4.79 Å². The second-order valence-electron chi connectivity index (χ2n) is 5.66. The van der Waals surface area contributed by atoms with Crippen molar-refractivity contribution in [3.05, 3.63) is 52.6 Å². The van der Waals surface area contributed by atoms with Crippen LogP contribution in [0.2, 0.25) is 5.02 Å². The molecule has 9 heteroatoms. The summed E-state index contributed by atoms with van der Waals surface area (Å²) in [5.74, 6) is 1.07. The summed E-state index contributed by atoms with van der Waals surface area (Å²) in [7, 11) is 1.42. The lowest BCUT2D eigenvalue weighted by molar-refractivity contribution is 0.0864. The van der Waals surface area contributed by atoms with Crippen molar-refractivity contribution in [3.63, 3.8) is 0 Å². The highest BCUT2D eigenvalue weighted by Crippen LogP contribution is 2.30. The van der Waals surface area contributed by atoms with E-state index in [0.717, 1.165) is 4.90 Å². The molecule has 1 amide bonds. The predicted molar refractivity (Wildman–Crippen MR) is 98.2 cm³/mol. The SMILES string of the molecule is CN(C(=N)N)C(=O)c1cc2c(Cl)cc(OCc3ccc(CN)o3)cc2[nH]1. The smallest absolute Gasteiger partial charge is 0.276 e. The molecule has 136 valence electrons. The summed E-state index contributed by atoms with van der Waals surface area (Å²) in [5, 5.41) is 8.45. The first-order valence-corrected chi connectivity index (χ1v) is 8.11. The molecule has 0 saturated carbocycles. The van der Waals surface area contributed by atoms with Gasteiger partial charge in [-0.25, -0.2) is 0 Å². The summed E-state index contributed by atoms with van der Waals surface area (Å²) in [4.78, 5) is 16.3. The van der Waals surface area contributed by atoms with E-state index in [4.69, 9.17) is 37.6 Å². The highest BCUT2D eigenvalue weighted by atomic mass is 35.5. The first kappa shape index (κ1) is 17.8. The molecule has 0 aliphatic carbocycles. The summed E-state index contributed by atoms with van der Waals surface area (Å²) in [6, 6.07) is 8.60. The number of nitrogens with two attached hydrogens (primary N) is 2. The third kappa shape index (κ3) is 3.51. The lowest BCUT2D eigenvalue weighted by Crippen LogP contribution is -2.38. The van der Waals surface area contributed by atoms with Crippen LogP contribution in [0.4, 0.5) is 0 Å². The molecule has 8 nitrogen and oxygen atoms in total. The van der Waals surface area contributed by atoms with E-state index in [2.05, 4.69) is 4.98 Å². The maximum Gasteiger partial charge on any atom is 0.276 e. The molecule has 0 radical (unpaired) electrons. The van der Waals surface area contributed by atoms with E-state index in [-0.39, 0.29) is 18.3 Å². The highest BCUT2D eigenvalue weighted by Gasteiger charge is 2.18.